The first-order valence-electron chi connectivity index (χ1n) is 8.57. The van der Waals surface area contributed by atoms with E-state index in [1.807, 2.05) is 35.2 Å². The van der Waals surface area contributed by atoms with Crippen LogP contribution in [0.3, 0.4) is 0 Å². The van der Waals surface area contributed by atoms with Gasteiger partial charge in [0.25, 0.3) is 0 Å². The van der Waals surface area contributed by atoms with Crippen molar-refractivity contribution in [3.63, 3.8) is 0 Å². The largest absolute Gasteiger partial charge is 0.348 e. The lowest BCUT2D eigenvalue weighted by molar-refractivity contribution is -0.133. The van der Waals surface area contributed by atoms with Crippen LogP contribution in [0.4, 0.5) is 0 Å². The minimum Gasteiger partial charge on any atom is -0.348 e. The van der Waals surface area contributed by atoms with Crippen molar-refractivity contribution < 1.29 is 4.79 Å². The zero-order chi connectivity index (χ0) is 18.1. The van der Waals surface area contributed by atoms with E-state index >= 15 is 0 Å². The molecule has 132 valence electrons. The molecule has 0 radical (unpaired) electrons. The van der Waals surface area contributed by atoms with Gasteiger partial charge in [0.2, 0.25) is 5.91 Å². The van der Waals surface area contributed by atoms with E-state index < -0.39 is 0 Å². The van der Waals surface area contributed by atoms with E-state index in [0.29, 0.717) is 16.6 Å². The molecule has 26 heavy (non-hydrogen) atoms. The minimum atomic E-state index is -0.0847. The summed E-state index contributed by atoms with van der Waals surface area (Å²) in [4.78, 5) is 15.1. The number of aromatic nitrogens is 1. The molecule has 0 saturated heterocycles. The topological polar surface area (TPSA) is 25.2 Å². The molecule has 3 nitrogen and oxygen atoms in total. The van der Waals surface area contributed by atoms with Crippen molar-refractivity contribution in [3.05, 3.63) is 93.7 Å². The van der Waals surface area contributed by atoms with E-state index in [-0.39, 0.29) is 18.4 Å². The fraction of sp³-hybridized carbons (Fsp3) is 0.190. The molecule has 1 unspecified atom stereocenters. The standard InChI is InChI=1S/C21H18Cl2N2O/c22-17-9-8-16(18(23)14-17)13-20(26)25-12-11-24-10-4-7-19(24)21(25)15-5-2-1-3-6-15/h1-10,14,21H,11-13H2. The van der Waals surface area contributed by atoms with Gasteiger partial charge in [0.15, 0.2) is 0 Å². The third-order valence-electron chi connectivity index (χ3n) is 4.83. The normalized spacial score (nSPS) is 16.4. The van der Waals surface area contributed by atoms with Crippen LogP contribution in [-0.4, -0.2) is 21.9 Å². The maximum absolute atomic E-state index is 13.1. The number of benzene rings is 2. The molecular weight excluding hydrogens is 367 g/mol. The predicted molar refractivity (Wildman–Crippen MR) is 105 cm³/mol. The molecule has 2 heterocycles. The van der Waals surface area contributed by atoms with Crippen LogP contribution in [0.1, 0.15) is 22.9 Å². The van der Waals surface area contributed by atoms with Gasteiger partial charge in [-0.2, -0.15) is 0 Å². The Hall–Kier alpha value is -2.23. The Balaban J connectivity index is 1.67. The number of nitrogens with zero attached hydrogens (tertiary/aromatic N) is 2. The van der Waals surface area contributed by atoms with E-state index in [1.54, 1.807) is 12.1 Å². The fourth-order valence-electron chi connectivity index (χ4n) is 3.57. The van der Waals surface area contributed by atoms with Crippen LogP contribution < -0.4 is 0 Å². The molecular formula is C21H18Cl2N2O. The van der Waals surface area contributed by atoms with E-state index in [0.717, 1.165) is 23.4 Å². The SMILES string of the molecule is O=C(Cc1ccc(Cl)cc1Cl)N1CCn2cccc2C1c1ccccc1. The summed E-state index contributed by atoms with van der Waals surface area (Å²) in [6.07, 6.45) is 2.34. The van der Waals surface area contributed by atoms with Gasteiger partial charge in [-0.1, -0.05) is 59.6 Å². The number of carbonyl (C=O) groups is 1. The second-order valence-electron chi connectivity index (χ2n) is 6.44. The first-order valence-corrected chi connectivity index (χ1v) is 9.32. The van der Waals surface area contributed by atoms with Crippen LogP contribution in [0.25, 0.3) is 0 Å². The van der Waals surface area contributed by atoms with Gasteiger partial charge in [0.1, 0.15) is 0 Å². The molecule has 1 aliphatic rings. The maximum Gasteiger partial charge on any atom is 0.227 e. The van der Waals surface area contributed by atoms with Gasteiger partial charge in [0, 0.05) is 35.0 Å². The lowest BCUT2D eigenvalue weighted by Gasteiger charge is -2.37. The second kappa shape index (κ2) is 7.18. The van der Waals surface area contributed by atoms with Gasteiger partial charge >= 0.3 is 0 Å². The Morgan fingerprint density at radius 3 is 2.58 bits per heavy atom. The van der Waals surface area contributed by atoms with Gasteiger partial charge in [0.05, 0.1) is 12.5 Å². The highest BCUT2D eigenvalue weighted by Gasteiger charge is 2.32. The Bertz CT molecular complexity index is 936. The monoisotopic (exact) mass is 384 g/mol. The quantitative estimate of drug-likeness (QED) is 0.625. The van der Waals surface area contributed by atoms with Crippen LogP contribution >= 0.6 is 23.2 Å². The molecule has 0 bridgehead atoms. The number of rotatable bonds is 3. The summed E-state index contributed by atoms with van der Waals surface area (Å²) >= 11 is 12.2. The third-order valence-corrected chi connectivity index (χ3v) is 5.42. The summed E-state index contributed by atoms with van der Waals surface area (Å²) in [5.41, 5.74) is 3.05. The number of carbonyl (C=O) groups excluding carboxylic acids is 1. The average molecular weight is 385 g/mol. The summed E-state index contributed by atoms with van der Waals surface area (Å²) in [7, 11) is 0. The molecule has 5 heteroatoms. The summed E-state index contributed by atoms with van der Waals surface area (Å²) < 4.78 is 2.22. The van der Waals surface area contributed by atoms with Gasteiger partial charge < -0.3 is 9.47 Å². The van der Waals surface area contributed by atoms with Crippen molar-refractivity contribution in [2.24, 2.45) is 0 Å². The van der Waals surface area contributed by atoms with E-state index in [4.69, 9.17) is 23.2 Å². The summed E-state index contributed by atoms with van der Waals surface area (Å²) in [5, 5.41) is 1.10. The van der Waals surface area contributed by atoms with Gasteiger partial charge in [-0.25, -0.2) is 0 Å². The summed E-state index contributed by atoms with van der Waals surface area (Å²) in [5.74, 6) is 0.0653. The van der Waals surface area contributed by atoms with E-state index in [9.17, 15) is 4.79 Å². The molecule has 1 aromatic heterocycles. The van der Waals surface area contributed by atoms with Crippen molar-refractivity contribution >= 4 is 29.1 Å². The number of amides is 1. The first kappa shape index (κ1) is 17.2. The van der Waals surface area contributed by atoms with Gasteiger partial charge in [-0.15, -0.1) is 0 Å². The zero-order valence-electron chi connectivity index (χ0n) is 14.1. The Kier molecular flexibility index (Phi) is 4.75. The lowest BCUT2D eigenvalue weighted by Crippen LogP contribution is -2.43. The first-order chi connectivity index (χ1) is 12.6. The smallest absolute Gasteiger partial charge is 0.227 e. The van der Waals surface area contributed by atoms with E-state index in [2.05, 4.69) is 29.0 Å². The van der Waals surface area contributed by atoms with Crippen molar-refractivity contribution in [2.75, 3.05) is 6.54 Å². The molecule has 0 saturated carbocycles. The Morgan fingerprint density at radius 1 is 1.00 bits per heavy atom. The van der Waals surface area contributed by atoms with Gasteiger partial charge in [-0.05, 0) is 35.4 Å². The molecule has 0 aliphatic carbocycles. The summed E-state index contributed by atoms with van der Waals surface area (Å²) in [6.45, 7) is 1.47. The highest BCUT2D eigenvalue weighted by molar-refractivity contribution is 6.35. The molecule has 0 fully saturated rings. The summed E-state index contributed by atoms with van der Waals surface area (Å²) in [6, 6.07) is 19.5. The molecule has 2 aromatic carbocycles. The number of hydrogen-bond donors (Lipinski definition) is 0. The van der Waals surface area contributed by atoms with Crippen LogP contribution in [0.2, 0.25) is 10.0 Å². The van der Waals surface area contributed by atoms with Crippen LogP contribution in [-0.2, 0) is 17.8 Å². The fourth-order valence-corrected chi connectivity index (χ4v) is 4.04. The number of halogens is 2. The molecule has 4 rings (SSSR count). The molecule has 1 aliphatic heterocycles. The molecule has 1 amide bonds. The average Bonchev–Trinajstić information content (AvgIpc) is 3.12. The zero-order valence-corrected chi connectivity index (χ0v) is 15.6. The van der Waals surface area contributed by atoms with Crippen LogP contribution in [0.15, 0.2) is 66.9 Å². The maximum atomic E-state index is 13.1. The molecule has 0 spiro atoms. The van der Waals surface area contributed by atoms with Crippen molar-refractivity contribution in [1.29, 1.82) is 0 Å². The molecule has 0 N–H and O–H groups in total. The number of hydrogen-bond acceptors (Lipinski definition) is 1. The van der Waals surface area contributed by atoms with E-state index in [1.165, 1.54) is 0 Å². The highest BCUT2D eigenvalue weighted by Crippen LogP contribution is 2.33. The molecule has 1 atom stereocenters. The predicted octanol–water partition coefficient (Wildman–Crippen LogP) is 4.97. The van der Waals surface area contributed by atoms with Gasteiger partial charge in [-0.3, -0.25) is 4.79 Å². The highest BCUT2D eigenvalue weighted by atomic mass is 35.5. The Morgan fingerprint density at radius 2 is 1.81 bits per heavy atom. The lowest BCUT2D eigenvalue weighted by atomic mass is 9.99. The van der Waals surface area contributed by atoms with Crippen molar-refractivity contribution in [2.45, 2.75) is 19.0 Å². The molecule has 3 aromatic rings. The van der Waals surface area contributed by atoms with Crippen molar-refractivity contribution in [1.82, 2.24) is 9.47 Å². The third kappa shape index (κ3) is 3.25. The Labute approximate surface area is 162 Å². The second-order valence-corrected chi connectivity index (χ2v) is 7.28. The number of fused-ring (bicyclic) bond motifs is 1. The van der Waals surface area contributed by atoms with Crippen LogP contribution in [0.5, 0.6) is 0 Å². The van der Waals surface area contributed by atoms with Crippen LogP contribution in [0, 0.1) is 0 Å². The minimum absolute atomic E-state index is 0.0653. The van der Waals surface area contributed by atoms with Crippen molar-refractivity contribution in [3.8, 4) is 0 Å².